The zero-order valence-corrected chi connectivity index (χ0v) is 15.4. The van der Waals surface area contributed by atoms with Crippen LogP contribution in [0.25, 0.3) is 0 Å². The van der Waals surface area contributed by atoms with E-state index in [9.17, 15) is 14.4 Å². The van der Waals surface area contributed by atoms with Crippen LogP contribution in [0.5, 0.6) is 0 Å². The third kappa shape index (κ3) is 4.85. The van der Waals surface area contributed by atoms with Gasteiger partial charge in [0.1, 0.15) is 5.25 Å². The first-order valence-electron chi connectivity index (χ1n) is 8.57. The molecule has 0 aromatic heterocycles. The summed E-state index contributed by atoms with van der Waals surface area (Å²) < 4.78 is 4.99. The van der Waals surface area contributed by atoms with Gasteiger partial charge in [-0.3, -0.25) is 14.4 Å². The summed E-state index contributed by atoms with van der Waals surface area (Å²) in [6, 6.07) is 7.31. The van der Waals surface area contributed by atoms with E-state index in [0.29, 0.717) is 10.9 Å². The molecule has 7 nitrogen and oxygen atoms in total. The van der Waals surface area contributed by atoms with Crippen LogP contribution in [0.1, 0.15) is 24.8 Å². The van der Waals surface area contributed by atoms with Gasteiger partial charge in [-0.25, -0.2) is 0 Å². The third-order valence-corrected chi connectivity index (χ3v) is 5.37. The predicted molar refractivity (Wildman–Crippen MR) is 100 cm³/mol. The Labute approximate surface area is 156 Å². The van der Waals surface area contributed by atoms with Crippen molar-refractivity contribution in [1.82, 2.24) is 4.90 Å². The van der Waals surface area contributed by atoms with Gasteiger partial charge in [-0.1, -0.05) is 29.5 Å². The van der Waals surface area contributed by atoms with E-state index in [1.165, 1.54) is 11.8 Å². The van der Waals surface area contributed by atoms with Gasteiger partial charge in [0.15, 0.2) is 11.8 Å². The van der Waals surface area contributed by atoms with E-state index >= 15 is 0 Å². The van der Waals surface area contributed by atoms with Crippen molar-refractivity contribution in [3.63, 3.8) is 0 Å². The number of likely N-dealkylation sites (tertiary alicyclic amines) is 1. The molecule has 8 heteroatoms. The average Bonchev–Trinajstić information content (AvgIpc) is 3.26. The van der Waals surface area contributed by atoms with E-state index in [2.05, 4.69) is 15.2 Å². The number of anilines is 1. The number of amidine groups is 1. The van der Waals surface area contributed by atoms with Crippen LogP contribution in [0.15, 0.2) is 29.3 Å². The largest absolute Gasteiger partial charge is 0.456 e. The van der Waals surface area contributed by atoms with Crippen molar-refractivity contribution in [1.29, 1.82) is 0 Å². The maximum Gasteiger partial charge on any atom is 0.307 e. The summed E-state index contributed by atoms with van der Waals surface area (Å²) >= 11 is 1.31. The van der Waals surface area contributed by atoms with Gasteiger partial charge in [0.2, 0.25) is 0 Å². The van der Waals surface area contributed by atoms with Crippen LogP contribution in [-0.2, 0) is 19.1 Å². The van der Waals surface area contributed by atoms with Gasteiger partial charge in [0, 0.05) is 18.8 Å². The Balaban J connectivity index is 1.41. The maximum atomic E-state index is 12.0. The minimum Gasteiger partial charge on any atom is -0.456 e. The van der Waals surface area contributed by atoms with Crippen LogP contribution in [0.4, 0.5) is 5.69 Å². The second kappa shape index (κ2) is 8.35. The number of aryl methyl sites for hydroxylation is 1. The third-order valence-electron chi connectivity index (χ3n) is 4.16. The van der Waals surface area contributed by atoms with E-state index in [1.807, 2.05) is 19.1 Å². The smallest absolute Gasteiger partial charge is 0.307 e. The number of thioether (sulfide) groups is 1. The number of carbonyl (C=O) groups excluding carboxylic acids is 3. The summed E-state index contributed by atoms with van der Waals surface area (Å²) in [5.74, 6) is -1.30. The van der Waals surface area contributed by atoms with Crippen LogP contribution in [0.2, 0.25) is 0 Å². The quantitative estimate of drug-likeness (QED) is 0.792. The summed E-state index contributed by atoms with van der Waals surface area (Å²) in [5.41, 5.74) is 1.73. The molecule has 0 saturated carbocycles. The SMILES string of the molecule is Cc1ccc(NC(=O)COC(=O)C[C@H]2SC(N3CCCC3)=NC2=O)cc1. The number of aliphatic imine (C=N–C) groups is 1. The van der Waals surface area contributed by atoms with Crippen molar-refractivity contribution < 1.29 is 19.1 Å². The number of nitrogens with zero attached hydrogens (tertiary/aromatic N) is 2. The Hall–Kier alpha value is -2.35. The number of hydrogen-bond donors (Lipinski definition) is 1. The summed E-state index contributed by atoms with van der Waals surface area (Å²) in [5, 5.41) is 2.79. The summed E-state index contributed by atoms with van der Waals surface area (Å²) in [4.78, 5) is 41.9. The molecule has 1 N–H and O–H groups in total. The van der Waals surface area contributed by atoms with Crippen LogP contribution in [-0.4, -0.2) is 52.8 Å². The van der Waals surface area contributed by atoms with Gasteiger partial charge in [0.05, 0.1) is 6.42 Å². The molecule has 0 spiro atoms. The molecule has 138 valence electrons. The molecule has 1 atom stereocenters. The minimum absolute atomic E-state index is 0.0812. The van der Waals surface area contributed by atoms with Gasteiger partial charge in [0.25, 0.3) is 11.8 Å². The highest BCUT2D eigenvalue weighted by Crippen LogP contribution is 2.29. The molecule has 0 radical (unpaired) electrons. The van der Waals surface area contributed by atoms with E-state index in [-0.39, 0.29) is 18.9 Å². The van der Waals surface area contributed by atoms with Crippen LogP contribution in [0.3, 0.4) is 0 Å². The number of amides is 2. The standard InChI is InChI=1S/C18H21N3O4S/c1-12-4-6-13(7-5-12)19-15(22)11-25-16(23)10-14-17(24)20-18(26-14)21-8-2-3-9-21/h4-7,14H,2-3,8-11H2,1H3,(H,19,22)/t14-/m1/s1. The molecule has 1 saturated heterocycles. The van der Waals surface area contributed by atoms with Gasteiger partial charge in [-0.2, -0.15) is 4.99 Å². The number of ether oxygens (including phenoxy) is 1. The first kappa shape index (κ1) is 18.4. The molecule has 0 unspecified atom stereocenters. The monoisotopic (exact) mass is 375 g/mol. The van der Waals surface area contributed by atoms with E-state index in [4.69, 9.17) is 4.74 Å². The molecular formula is C18H21N3O4S. The number of esters is 1. The Morgan fingerprint density at radius 1 is 1.27 bits per heavy atom. The average molecular weight is 375 g/mol. The fourth-order valence-corrected chi connectivity index (χ4v) is 3.84. The van der Waals surface area contributed by atoms with Crippen molar-refractivity contribution in [3.05, 3.63) is 29.8 Å². The van der Waals surface area contributed by atoms with E-state index in [1.54, 1.807) is 12.1 Å². The highest BCUT2D eigenvalue weighted by atomic mass is 32.2. The summed E-state index contributed by atoms with van der Waals surface area (Å²) in [7, 11) is 0. The zero-order valence-electron chi connectivity index (χ0n) is 14.6. The number of carbonyl (C=O) groups is 3. The molecule has 26 heavy (non-hydrogen) atoms. The predicted octanol–water partition coefficient (Wildman–Crippen LogP) is 1.96. The highest BCUT2D eigenvalue weighted by Gasteiger charge is 2.34. The Morgan fingerprint density at radius 2 is 1.96 bits per heavy atom. The topological polar surface area (TPSA) is 88.1 Å². The number of hydrogen-bond acceptors (Lipinski definition) is 6. The van der Waals surface area contributed by atoms with Crippen LogP contribution < -0.4 is 5.32 Å². The first-order valence-corrected chi connectivity index (χ1v) is 9.45. The lowest BCUT2D eigenvalue weighted by molar-refractivity contribution is -0.147. The molecule has 2 heterocycles. The zero-order chi connectivity index (χ0) is 18.5. The Bertz CT molecular complexity index is 726. The van der Waals surface area contributed by atoms with Gasteiger partial charge in [-0.05, 0) is 31.9 Å². The molecule has 1 fully saturated rings. The van der Waals surface area contributed by atoms with Gasteiger partial charge in [-0.15, -0.1) is 0 Å². The molecule has 0 bridgehead atoms. The second-order valence-electron chi connectivity index (χ2n) is 6.31. The summed E-state index contributed by atoms with van der Waals surface area (Å²) in [6.07, 6.45) is 2.11. The summed E-state index contributed by atoms with van der Waals surface area (Å²) in [6.45, 7) is 3.37. The minimum atomic E-state index is -0.576. The molecule has 1 aromatic carbocycles. The van der Waals surface area contributed by atoms with Gasteiger partial charge < -0.3 is 15.0 Å². The van der Waals surface area contributed by atoms with Crippen molar-refractivity contribution in [2.75, 3.05) is 25.0 Å². The lowest BCUT2D eigenvalue weighted by Crippen LogP contribution is -2.25. The molecule has 0 aliphatic carbocycles. The van der Waals surface area contributed by atoms with Crippen LogP contribution in [0, 0.1) is 6.92 Å². The number of benzene rings is 1. The van der Waals surface area contributed by atoms with Crippen molar-refractivity contribution in [2.45, 2.75) is 31.4 Å². The molecular weight excluding hydrogens is 354 g/mol. The van der Waals surface area contributed by atoms with Crippen molar-refractivity contribution in [3.8, 4) is 0 Å². The lowest BCUT2D eigenvalue weighted by atomic mass is 10.2. The normalized spacial score (nSPS) is 19.4. The highest BCUT2D eigenvalue weighted by molar-refractivity contribution is 8.15. The second-order valence-corrected chi connectivity index (χ2v) is 7.48. The first-order chi connectivity index (χ1) is 12.5. The van der Waals surface area contributed by atoms with Gasteiger partial charge >= 0.3 is 5.97 Å². The lowest BCUT2D eigenvalue weighted by Gasteiger charge is -2.16. The molecule has 2 aliphatic rings. The van der Waals surface area contributed by atoms with Crippen LogP contribution >= 0.6 is 11.8 Å². The molecule has 2 aliphatic heterocycles. The Morgan fingerprint density at radius 3 is 2.65 bits per heavy atom. The van der Waals surface area contributed by atoms with E-state index in [0.717, 1.165) is 31.5 Å². The number of rotatable bonds is 5. The number of nitrogens with one attached hydrogen (secondary N) is 1. The Kier molecular flexibility index (Phi) is 5.92. The van der Waals surface area contributed by atoms with Crippen molar-refractivity contribution >= 4 is 40.4 Å². The van der Waals surface area contributed by atoms with Crippen molar-refractivity contribution in [2.24, 2.45) is 4.99 Å². The molecule has 3 rings (SSSR count). The molecule has 1 aromatic rings. The fraction of sp³-hybridized carbons (Fsp3) is 0.444. The maximum absolute atomic E-state index is 12.0. The fourth-order valence-electron chi connectivity index (χ4n) is 2.74. The van der Waals surface area contributed by atoms with E-state index < -0.39 is 17.1 Å². The molecule has 2 amide bonds.